The molecule has 11 heteroatoms. The van der Waals surface area contributed by atoms with Crippen LogP contribution in [0.5, 0.6) is 0 Å². The highest BCUT2D eigenvalue weighted by Gasteiger charge is 2.26. The summed E-state index contributed by atoms with van der Waals surface area (Å²) in [6, 6.07) is 4.42. The lowest BCUT2D eigenvalue weighted by atomic mass is 9.89. The predicted octanol–water partition coefficient (Wildman–Crippen LogP) is 3.22. The van der Waals surface area contributed by atoms with Crippen molar-refractivity contribution >= 4 is 43.0 Å². The number of nitrogens with one attached hydrogen (secondary N) is 1. The van der Waals surface area contributed by atoms with E-state index in [4.69, 9.17) is 0 Å². The number of rotatable bonds is 5. The quantitative estimate of drug-likeness (QED) is 0.621. The number of nitrogens with zero attached hydrogens (tertiary/aromatic N) is 2. The first-order chi connectivity index (χ1) is 14.7. The van der Waals surface area contributed by atoms with Crippen molar-refractivity contribution < 1.29 is 22.0 Å². The van der Waals surface area contributed by atoms with Gasteiger partial charge in [-0.2, -0.15) is 8.78 Å². The summed E-state index contributed by atoms with van der Waals surface area (Å²) in [5.41, 5.74) is 0.981. The monoisotopic (exact) mass is 467 g/mol. The molecule has 1 atom stereocenters. The Kier molecular flexibility index (Phi) is 5.65. The Morgan fingerprint density at radius 2 is 2.03 bits per heavy atom. The third-order valence-electron chi connectivity index (χ3n) is 5.30. The summed E-state index contributed by atoms with van der Waals surface area (Å²) in [5, 5.41) is 3.10. The Morgan fingerprint density at radius 1 is 1.32 bits per heavy atom. The lowest BCUT2D eigenvalue weighted by Crippen LogP contribution is -2.28. The Hall–Kier alpha value is -2.66. The topological polar surface area (TPSA) is 98.1 Å². The largest absolute Gasteiger partial charge is 0.341 e. The van der Waals surface area contributed by atoms with Gasteiger partial charge in [0.25, 0.3) is 5.56 Å². The minimum atomic E-state index is -4.70. The maximum absolute atomic E-state index is 13.0. The number of aromatic nitrogens is 2. The average molecular weight is 468 g/mol. The van der Waals surface area contributed by atoms with E-state index in [1.165, 1.54) is 39.2 Å². The first-order valence-electron chi connectivity index (χ1n) is 9.58. The van der Waals surface area contributed by atoms with Crippen LogP contribution in [0.4, 0.5) is 14.5 Å². The number of fused-ring (bicyclic) bond motifs is 3. The van der Waals surface area contributed by atoms with Crippen molar-refractivity contribution in [3.8, 4) is 0 Å². The molecule has 7 nitrogen and oxygen atoms in total. The van der Waals surface area contributed by atoms with E-state index in [1.807, 2.05) is 0 Å². The zero-order valence-electron chi connectivity index (χ0n) is 16.5. The number of benzene rings is 1. The molecule has 1 N–H and O–H groups in total. The summed E-state index contributed by atoms with van der Waals surface area (Å²) in [7, 11) is -4.70. The van der Waals surface area contributed by atoms with E-state index in [0.29, 0.717) is 16.1 Å². The number of carbonyl (C=O) groups excluding carboxylic acids is 1. The molecular formula is C20H19F2N3O4S2. The Bertz CT molecular complexity index is 1310. The van der Waals surface area contributed by atoms with Crippen LogP contribution in [-0.2, 0) is 34.0 Å². The van der Waals surface area contributed by atoms with E-state index in [0.717, 1.165) is 37.0 Å². The Labute approximate surface area is 180 Å². The van der Waals surface area contributed by atoms with Gasteiger partial charge < -0.3 is 5.32 Å². The number of anilines is 1. The minimum absolute atomic E-state index is 0.224. The van der Waals surface area contributed by atoms with Gasteiger partial charge in [-0.25, -0.2) is 13.4 Å². The van der Waals surface area contributed by atoms with Gasteiger partial charge in [-0.05, 0) is 55.0 Å². The SMILES string of the molecule is CC1CCc2c(sc3ncn(CC(=O)Nc4ccc(S(=O)(=O)C(F)F)cc4)c(=O)c23)C1. The molecule has 0 fully saturated rings. The van der Waals surface area contributed by atoms with Crippen LogP contribution in [0.1, 0.15) is 23.8 Å². The summed E-state index contributed by atoms with van der Waals surface area (Å²) in [6.07, 6.45) is 4.09. The number of aryl methyl sites for hydroxylation is 1. The highest BCUT2D eigenvalue weighted by atomic mass is 32.2. The van der Waals surface area contributed by atoms with Gasteiger partial charge in [0.1, 0.15) is 11.4 Å². The third kappa shape index (κ3) is 4.11. The van der Waals surface area contributed by atoms with Crippen LogP contribution in [0.25, 0.3) is 10.2 Å². The molecule has 1 aliphatic rings. The molecule has 0 saturated carbocycles. The van der Waals surface area contributed by atoms with Crippen LogP contribution in [0, 0.1) is 5.92 Å². The molecule has 1 unspecified atom stereocenters. The van der Waals surface area contributed by atoms with Crippen molar-refractivity contribution in [2.45, 2.75) is 43.4 Å². The minimum Gasteiger partial charge on any atom is -0.325 e. The second kappa shape index (κ2) is 8.12. The zero-order chi connectivity index (χ0) is 22.3. The molecule has 164 valence electrons. The zero-order valence-corrected chi connectivity index (χ0v) is 18.1. The molecule has 1 aliphatic carbocycles. The molecule has 2 heterocycles. The standard InChI is InChI=1S/C20H19F2N3O4S2/c1-11-2-7-14-15(8-11)30-18-17(14)19(27)25(10-23-18)9-16(26)24-12-3-5-13(6-4-12)31(28,29)20(21)22/h3-6,10-11,20H,2,7-9H2,1H3,(H,24,26). The van der Waals surface area contributed by atoms with Crippen LogP contribution in [0.3, 0.4) is 0 Å². The molecule has 0 radical (unpaired) electrons. The number of hydrogen-bond acceptors (Lipinski definition) is 6. The van der Waals surface area contributed by atoms with Crippen molar-refractivity contribution in [3.05, 3.63) is 51.4 Å². The van der Waals surface area contributed by atoms with Crippen molar-refractivity contribution in [2.24, 2.45) is 5.92 Å². The molecule has 3 aromatic rings. The number of thiophene rings is 1. The van der Waals surface area contributed by atoms with Crippen LogP contribution in [-0.4, -0.2) is 29.6 Å². The highest BCUT2D eigenvalue weighted by molar-refractivity contribution is 7.91. The second-order valence-corrected chi connectivity index (χ2v) is 10.6. The summed E-state index contributed by atoms with van der Waals surface area (Å²) in [6.45, 7) is 1.90. The molecule has 4 rings (SSSR count). The van der Waals surface area contributed by atoms with E-state index in [1.54, 1.807) is 0 Å². The summed E-state index contributed by atoms with van der Waals surface area (Å²) in [4.78, 5) is 31.0. The molecule has 0 bridgehead atoms. The van der Waals surface area contributed by atoms with E-state index in [9.17, 15) is 26.8 Å². The average Bonchev–Trinajstić information content (AvgIpc) is 3.08. The number of halogens is 2. The fourth-order valence-electron chi connectivity index (χ4n) is 3.66. The Morgan fingerprint density at radius 3 is 2.71 bits per heavy atom. The Balaban J connectivity index is 1.53. The first kappa shape index (κ1) is 21.6. The molecule has 0 saturated heterocycles. The number of hydrogen-bond donors (Lipinski definition) is 1. The van der Waals surface area contributed by atoms with Gasteiger partial charge in [-0.3, -0.25) is 14.2 Å². The molecule has 1 amide bonds. The summed E-state index contributed by atoms with van der Waals surface area (Å²) >= 11 is 1.53. The fourth-order valence-corrected chi connectivity index (χ4v) is 5.73. The van der Waals surface area contributed by atoms with Gasteiger partial charge in [-0.1, -0.05) is 6.92 Å². The molecule has 31 heavy (non-hydrogen) atoms. The van der Waals surface area contributed by atoms with E-state index in [-0.39, 0.29) is 17.8 Å². The third-order valence-corrected chi connectivity index (χ3v) is 7.86. The van der Waals surface area contributed by atoms with Gasteiger partial charge in [0.15, 0.2) is 0 Å². The number of sulfone groups is 1. The molecule has 0 spiro atoms. The van der Waals surface area contributed by atoms with Crippen molar-refractivity contribution in [1.29, 1.82) is 0 Å². The first-order valence-corrected chi connectivity index (χ1v) is 11.9. The van der Waals surface area contributed by atoms with Crippen LogP contribution in [0.15, 0.2) is 40.3 Å². The predicted molar refractivity (Wildman–Crippen MR) is 113 cm³/mol. The van der Waals surface area contributed by atoms with Gasteiger partial charge in [0.2, 0.25) is 15.7 Å². The van der Waals surface area contributed by atoms with Gasteiger partial charge in [0.05, 0.1) is 16.6 Å². The fraction of sp³-hybridized carbons (Fsp3) is 0.350. The van der Waals surface area contributed by atoms with E-state index >= 15 is 0 Å². The highest BCUT2D eigenvalue weighted by Crippen LogP contribution is 2.35. The molecule has 2 aromatic heterocycles. The van der Waals surface area contributed by atoms with Crippen molar-refractivity contribution in [2.75, 3.05) is 5.32 Å². The van der Waals surface area contributed by atoms with Gasteiger partial charge in [0, 0.05) is 10.6 Å². The van der Waals surface area contributed by atoms with Crippen molar-refractivity contribution in [3.63, 3.8) is 0 Å². The lowest BCUT2D eigenvalue weighted by Gasteiger charge is -2.17. The van der Waals surface area contributed by atoms with Crippen LogP contribution < -0.4 is 10.9 Å². The van der Waals surface area contributed by atoms with Crippen LogP contribution in [0.2, 0.25) is 0 Å². The van der Waals surface area contributed by atoms with Crippen molar-refractivity contribution in [1.82, 2.24) is 9.55 Å². The summed E-state index contributed by atoms with van der Waals surface area (Å²) < 4.78 is 49.4. The number of carbonyl (C=O) groups is 1. The van der Waals surface area contributed by atoms with Crippen LogP contribution >= 0.6 is 11.3 Å². The van der Waals surface area contributed by atoms with Gasteiger partial charge >= 0.3 is 5.76 Å². The lowest BCUT2D eigenvalue weighted by molar-refractivity contribution is -0.116. The van der Waals surface area contributed by atoms with E-state index in [2.05, 4.69) is 17.2 Å². The molecular weight excluding hydrogens is 448 g/mol. The van der Waals surface area contributed by atoms with Gasteiger partial charge in [-0.15, -0.1) is 11.3 Å². The maximum atomic E-state index is 13.0. The number of alkyl halides is 2. The summed E-state index contributed by atoms with van der Waals surface area (Å²) in [5.74, 6) is -3.48. The smallest absolute Gasteiger partial charge is 0.325 e. The molecule has 1 aromatic carbocycles. The normalized spacial score (nSPS) is 16.5. The molecule has 0 aliphatic heterocycles. The maximum Gasteiger partial charge on any atom is 0.341 e. The number of amides is 1. The second-order valence-electron chi connectivity index (χ2n) is 7.59. The van der Waals surface area contributed by atoms with E-state index < -0.39 is 26.4 Å².